The maximum atomic E-state index is 13.5. The zero-order valence-corrected chi connectivity index (χ0v) is 19.7. The summed E-state index contributed by atoms with van der Waals surface area (Å²) < 4.78 is 11.3. The number of nitro benzene ring substituents is 1. The smallest absolute Gasteiger partial charge is 0.338 e. The van der Waals surface area contributed by atoms with Crippen LogP contribution in [0.3, 0.4) is 0 Å². The Morgan fingerprint density at radius 1 is 1.09 bits per heavy atom. The van der Waals surface area contributed by atoms with Crippen LogP contribution in [0.15, 0.2) is 69.6 Å². The SMILES string of the molecule is COC(=O)C1=C(C)N=c2s/c(=C\c3ccccc3[N+](=O)[O-])c(=O)n2[C@@H]1c1ccc(C(=O)OC)cc1. The lowest BCUT2D eigenvalue weighted by Crippen LogP contribution is -2.39. The van der Waals surface area contributed by atoms with E-state index in [1.807, 2.05) is 0 Å². The lowest BCUT2D eigenvalue weighted by Gasteiger charge is -2.24. The van der Waals surface area contributed by atoms with Crippen molar-refractivity contribution in [3.05, 3.63) is 106 Å². The lowest BCUT2D eigenvalue weighted by atomic mass is 9.95. The van der Waals surface area contributed by atoms with Crippen LogP contribution in [0.4, 0.5) is 5.69 Å². The van der Waals surface area contributed by atoms with Crippen LogP contribution in [0.1, 0.15) is 34.5 Å². The van der Waals surface area contributed by atoms with E-state index in [0.717, 1.165) is 11.3 Å². The first-order valence-electron chi connectivity index (χ1n) is 10.3. The third kappa shape index (κ3) is 4.28. The molecule has 4 rings (SSSR count). The Balaban J connectivity index is 1.95. The van der Waals surface area contributed by atoms with Crippen LogP contribution in [-0.2, 0) is 14.3 Å². The number of aromatic nitrogens is 1. The Hall–Kier alpha value is -4.38. The van der Waals surface area contributed by atoms with Gasteiger partial charge in [0.25, 0.3) is 11.2 Å². The highest BCUT2D eigenvalue weighted by Gasteiger charge is 2.33. The van der Waals surface area contributed by atoms with Crippen molar-refractivity contribution in [2.45, 2.75) is 13.0 Å². The van der Waals surface area contributed by atoms with E-state index >= 15 is 0 Å². The summed E-state index contributed by atoms with van der Waals surface area (Å²) in [7, 11) is 2.51. The van der Waals surface area contributed by atoms with E-state index < -0.39 is 28.5 Å². The second-order valence-corrected chi connectivity index (χ2v) is 8.51. The summed E-state index contributed by atoms with van der Waals surface area (Å²) in [6, 6.07) is 11.5. The van der Waals surface area contributed by atoms with Crippen molar-refractivity contribution in [1.29, 1.82) is 0 Å². The van der Waals surface area contributed by atoms with Gasteiger partial charge in [-0.15, -0.1) is 0 Å². The zero-order chi connectivity index (χ0) is 25.3. The van der Waals surface area contributed by atoms with Gasteiger partial charge in [0, 0.05) is 6.07 Å². The highest BCUT2D eigenvalue weighted by molar-refractivity contribution is 7.07. The minimum Gasteiger partial charge on any atom is -0.466 e. The zero-order valence-electron chi connectivity index (χ0n) is 18.9. The van der Waals surface area contributed by atoms with E-state index in [1.165, 1.54) is 43.1 Å². The van der Waals surface area contributed by atoms with Crippen LogP contribution in [0.5, 0.6) is 0 Å². The Morgan fingerprint density at radius 2 is 1.74 bits per heavy atom. The van der Waals surface area contributed by atoms with Gasteiger partial charge >= 0.3 is 11.9 Å². The Bertz CT molecular complexity index is 1570. The van der Waals surface area contributed by atoms with E-state index in [-0.39, 0.29) is 21.4 Å². The quantitative estimate of drug-likeness (QED) is 0.302. The molecule has 0 N–H and O–H groups in total. The number of nitro groups is 1. The number of benzene rings is 2. The number of ether oxygens (including phenoxy) is 2. The predicted octanol–water partition coefficient (Wildman–Crippen LogP) is 2.10. The van der Waals surface area contributed by atoms with E-state index in [0.29, 0.717) is 21.6 Å². The van der Waals surface area contributed by atoms with Gasteiger partial charge in [0.1, 0.15) is 0 Å². The molecule has 0 amide bonds. The normalized spacial score (nSPS) is 15.3. The molecule has 11 heteroatoms. The molecule has 0 saturated heterocycles. The van der Waals surface area contributed by atoms with E-state index in [2.05, 4.69) is 4.99 Å². The fourth-order valence-electron chi connectivity index (χ4n) is 3.84. The van der Waals surface area contributed by atoms with Gasteiger partial charge < -0.3 is 9.47 Å². The first-order valence-corrected chi connectivity index (χ1v) is 11.1. The maximum Gasteiger partial charge on any atom is 0.338 e. The summed E-state index contributed by atoms with van der Waals surface area (Å²) in [6.45, 7) is 1.64. The van der Waals surface area contributed by atoms with Crippen molar-refractivity contribution < 1.29 is 24.0 Å². The van der Waals surface area contributed by atoms with Gasteiger partial charge in [-0.25, -0.2) is 14.6 Å². The molecule has 1 aliphatic rings. The molecule has 1 atom stereocenters. The molecule has 2 heterocycles. The minimum atomic E-state index is -0.877. The number of fused-ring (bicyclic) bond motifs is 1. The van der Waals surface area contributed by atoms with Gasteiger partial charge in [-0.3, -0.25) is 19.5 Å². The van der Waals surface area contributed by atoms with Gasteiger partial charge in [0.15, 0.2) is 4.80 Å². The standard InChI is InChI=1S/C24H19N3O7S/c1-13-19(23(30)34-3)20(14-8-10-15(11-9-14)22(29)33-2)26-21(28)18(35-24(26)25-13)12-16-6-4-5-7-17(16)27(31)32/h4-12,20H,1-3H3/b18-12-/t20-/m1/s1. The summed E-state index contributed by atoms with van der Waals surface area (Å²) in [5.74, 6) is -1.17. The third-order valence-corrected chi connectivity index (χ3v) is 6.48. The number of nitrogens with zero attached hydrogens (tertiary/aromatic N) is 3. The number of carbonyl (C=O) groups excluding carboxylic acids is 2. The Kier molecular flexibility index (Phi) is 6.43. The molecule has 0 saturated carbocycles. The molecule has 1 aliphatic heterocycles. The molecule has 0 spiro atoms. The van der Waals surface area contributed by atoms with Gasteiger partial charge in [-0.1, -0.05) is 35.6 Å². The minimum absolute atomic E-state index is 0.139. The average Bonchev–Trinajstić information content (AvgIpc) is 3.16. The van der Waals surface area contributed by atoms with Crippen LogP contribution in [0.25, 0.3) is 6.08 Å². The molecular weight excluding hydrogens is 474 g/mol. The molecule has 0 unspecified atom stereocenters. The maximum absolute atomic E-state index is 13.5. The first-order chi connectivity index (χ1) is 16.8. The fraction of sp³-hybridized carbons (Fsp3) is 0.167. The third-order valence-electron chi connectivity index (χ3n) is 5.49. The average molecular weight is 493 g/mol. The molecule has 0 radical (unpaired) electrons. The van der Waals surface area contributed by atoms with Crippen LogP contribution < -0.4 is 14.9 Å². The van der Waals surface area contributed by atoms with Gasteiger partial charge in [0.05, 0.1) is 52.1 Å². The van der Waals surface area contributed by atoms with Crippen LogP contribution >= 0.6 is 11.3 Å². The first kappa shape index (κ1) is 23.8. The second-order valence-electron chi connectivity index (χ2n) is 7.50. The van der Waals surface area contributed by atoms with Crippen LogP contribution in [0, 0.1) is 10.1 Å². The number of para-hydroxylation sites is 1. The molecule has 1 aromatic heterocycles. The van der Waals surface area contributed by atoms with E-state index in [1.54, 1.807) is 37.3 Å². The number of carbonyl (C=O) groups is 2. The van der Waals surface area contributed by atoms with Gasteiger partial charge in [0.2, 0.25) is 0 Å². The summed E-state index contributed by atoms with van der Waals surface area (Å²) in [4.78, 5) is 53.8. The van der Waals surface area contributed by atoms with Crippen molar-refractivity contribution in [1.82, 2.24) is 4.57 Å². The van der Waals surface area contributed by atoms with Crippen LogP contribution in [-0.4, -0.2) is 35.6 Å². The van der Waals surface area contributed by atoms with Crippen molar-refractivity contribution >= 4 is 35.0 Å². The number of thiazole rings is 1. The van der Waals surface area contributed by atoms with E-state index in [9.17, 15) is 24.5 Å². The fourth-order valence-corrected chi connectivity index (χ4v) is 4.88. The summed E-state index contributed by atoms with van der Waals surface area (Å²) in [5, 5.41) is 11.4. The molecule has 2 aromatic carbocycles. The van der Waals surface area contributed by atoms with Crippen molar-refractivity contribution in [2.75, 3.05) is 14.2 Å². The van der Waals surface area contributed by atoms with Crippen molar-refractivity contribution in [3.63, 3.8) is 0 Å². The largest absolute Gasteiger partial charge is 0.466 e. The molecule has 10 nitrogen and oxygen atoms in total. The molecular formula is C24H19N3O7S. The second kappa shape index (κ2) is 9.47. The number of hydrogen-bond donors (Lipinski definition) is 0. The number of rotatable bonds is 5. The Labute approximate surface area is 202 Å². The summed E-state index contributed by atoms with van der Waals surface area (Å²) in [5.41, 5.74) is 1.06. The van der Waals surface area contributed by atoms with Gasteiger partial charge in [-0.05, 0) is 36.8 Å². The molecule has 0 bridgehead atoms. The highest BCUT2D eigenvalue weighted by atomic mass is 32.1. The predicted molar refractivity (Wildman–Crippen MR) is 127 cm³/mol. The molecule has 0 aliphatic carbocycles. The summed E-state index contributed by atoms with van der Waals surface area (Å²) >= 11 is 1.06. The lowest BCUT2D eigenvalue weighted by molar-refractivity contribution is -0.385. The number of methoxy groups -OCH3 is 2. The van der Waals surface area contributed by atoms with E-state index in [4.69, 9.17) is 9.47 Å². The topological polar surface area (TPSA) is 130 Å². The number of hydrogen-bond acceptors (Lipinski definition) is 9. The summed E-state index contributed by atoms with van der Waals surface area (Å²) in [6.07, 6.45) is 1.44. The number of esters is 2. The molecule has 35 heavy (non-hydrogen) atoms. The number of allylic oxidation sites excluding steroid dienone is 1. The molecule has 3 aromatic rings. The molecule has 178 valence electrons. The Morgan fingerprint density at radius 3 is 2.37 bits per heavy atom. The van der Waals surface area contributed by atoms with Crippen molar-refractivity contribution in [2.24, 2.45) is 4.99 Å². The van der Waals surface area contributed by atoms with Gasteiger partial charge in [-0.2, -0.15) is 0 Å². The molecule has 0 fully saturated rings. The monoisotopic (exact) mass is 493 g/mol. The van der Waals surface area contributed by atoms with Crippen LogP contribution in [0.2, 0.25) is 0 Å². The highest BCUT2D eigenvalue weighted by Crippen LogP contribution is 2.30. The van der Waals surface area contributed by atoms with Crippen molar-refractivity contribution in [3.8, 4) is 0 Å².